The molecule has 0 spiro atoms. The number of ketones is 1. The van der Waals surface area contributed by atoms with Crippen molar-refractivity contribution >= 4 is 11.8 Å². The number of rotatable bonds is 7. The SMILES string of the molecule is CCC(=O)[C@@H](C)[C@@H](O)/C=C/C(C)CC(=O)O. The average molecular weight is 228 g/mol. The fourth-order valence-corrected chi connectivity index (χ4v) is 1.33. The van der Waals surface area contributed by atoms with Crippen molar-refractivity contribution in [3.05, 3.63) is 12.2 Å². The van der Waals surface area contributed by atoms with E-state index in [1.165, 1.54) is 6.08 Å². The van der Waals surface area contributed by atoms with Crippen molar-refractivity contribution in [2.24, 2.45) is 11.8 Å². The van der Waals surface area contributed by atoms with Gasteiger partial charge in [0.2, 0.25) is 0 Å². The van der Waals surface area contributed by atoms with Crippen molar-refractivity contribution in [3.63, 3.8) is 0 Å². The lowest BCUT2D eigenvalue weighted by atomic mass is 9.96. The molecule has 0 aliphatic rings. The van der Waals surface area contributed by atoms with Gasteiger partial charge in [-0.1, -0.05) is 32.9 Å². The third kappa shape index (κ3) is 5.66. The maximum absolute atomic E-state index is 11.3. The Hall–Kier alpha value is -1.16. The molecule has 4 nitrogen and oxygen atoms in total. The van der Waals surface area contributed by atoms with Crippen LogP contribution in [0.15, 0.2) is 12.2 Å². The van der Waals surface area contributed by atoms with Crippen molar-refractivity contribution < 1.29 is 19.8 Å². The van der Waals surface area contributed by atoms with E-state index in [0.717, 1.165) is 0 Å². The molecule has 0 radical (unpaired) electrons. The molecule has 0 aromatic heterocycles. The van der Waals surface area contributed by atoms with Crippen LogP contribution in [-0.4, -0.2) is 28.1 Å². The molecule has 0 fully saturated rings. The molecule has 4 heteroatoms. The highest BCUT2D eigenvalue weighted by Gasteiger charge is 2.18. The number of aliphatic hydroxyl groups is 1. The van der Waals surface area contributed by atoms with Gasteiger partial charge in [0.25, 0.3) is 0 Å². The number of carbonyl (C=O) groups is 2. The molecule has 3 atom stereocenters. The van der Waals surface area contributed by atoms with E-state index in [-0.39, 0.29) is 18.1 Å². The second-order valence-corrected chi connectivity index (χ2v) is 4.06. The molecule has 0 aromatic carbocycles. The number of hydrogen-bond acceptors (Lipinski definition) is 3. The summed E-state index contributed by atoms with van der Waals surface area (Å²) in [7, 11) is 0. The van der Waals surface area contributed by atoms with E-state index in [1.807, 2.05) is 0 Å². The third-order valence-electron chi connectivity index (χ3n) is 2.50. The highest BCUT2D eigenvalue weighted by Crippen LogP contribution is 2.11. The van der Waals surface area contributed by atoms with Crippen LogP contribution >= 0.6 is 0 Å². The standard InChI is InChI=1S/C12H20O4/c1-4-10(13)9(3)11(14)6-5-8(2)7-12(15)16/h5-6,8-9,11,14H,4,7H2,1-3H3,(H,15,16)/b6-5+/t8?,9-,11+/m1/s1. The van der Waals surface area contributed by atoms with Gasteiger partial charge in [-0.15, -0.1) is 0 Å². The maximum atomic E-state index is 11.3. The molecule has 0 heterocycles. The minimum absolute atomic E-state index is 0.00281. The van der Waals surface area contributed by atoms with Crippen LogP contribution in [0.4, 0.5) is 0 Å². The first-order valence-electron chi connectivity index (χ1n) is 5.49. The Balaban J connectivity index is 4.21. The molecular formula is C12H20O4. The molecule has 1 unspecified atom stereocenters. The van der Waals surface area contributed by atoms with Crippen LogP contribution in [0.3, 0.4) is 0 Å². The molecular weight excluding hydrogens is 208 g/mol. The number of aliphatic hydroxyl groups excluding tert-OH is 1. The summed E-state index contributed by atoms with van der Waals surface area (Å²) < 4.78 is 0. The van der Waals surface area contributed by atoms with E-state index in [1.54, 1.807) is 26.8 Å². The number of allylic oxidation sites excluding steroid dienone is 1. The lowest BCUT2D eigenvalue weighted by molar-refractivity contribution is -0.137. The van der Waals surface area contributed by atoms with Crippen molar-refractivity contribution in [1.82, 2.24) is 0 Å². The van der Waals surface area contributed by atoms with Crippen LogP contribution in [-0.2, 0) is 9.59 Å². The Morgan fingerprint density at radius 2 is 1.81 bits per heavy atom. The number of Topliss-reactive ketones (excluding diaryl/α,β-unsaturated/α-hetero) is 1. The third-order valence-corrected chi connectivity index (χ3v) is 2.50. The van der Waals surface area contributed by atoms with Crippen molar-refractivity contribution in [2.45, 2.75) is 39.7 Å². The molecule has 0 aliphatic heterocycles. The van der Waals surface area contributed by atoms with Gasteiger partial charge in [-0.2, -0.15) is 0 Å². The summed E-state index contributed by atoms with van der Waals surface area (Å²) in [6.07, 6.45) is 2.74. The van der Waals surface area contributed by atoms with Gasteiger partial charge in [-0.25, -0.2) is 0 Å². The highest BCUT2D eigenvalue weighted by atomic mass is 16.4. The molecule has 2 N–H and O–H groups in total. The van der Waals surface area contributed by atoms with Gasteiger partial charge < -0.3 is 10.2 Å². The Bertz CT molecular complexity index is 270. The number of hydrogen-bond donors (Lipinski definition) is 2. The van der Waals surface area contributed by atoms with Gasteiger partial charge in [0.05, 0.1) is 12.5 Å². The van der Waals surface area contributed by atoms with Crippen LogP contribution in [0.25, 0.3) is 0 Å². The van der Waals surface area contributed by atoms with Crippen LogP contribution in [0, 0.1) is 11.8 Å². The molecule has 0 bridgehead atoms. The summed E-state index contributed by atoms with van der Waals surface area (Å²) in [6.45, 7) is 5.18. The van der Waals surface area contributed by atoms with Gasteiger partial charge in [0.15, 0.2) is 0 Å². The van der Waals surface area contributed by atoms with Gasteiger partial charge in [-0.05, 0) is 5.92 Å². The quantitative estimate of drug-likeness (QED) is 0.649. The van der Waals surface area contributed by atoms with E-state index < -0.39 is 18.0 Å². The summed E-state index contributed by atoms with van der Waals surface area (Å²) in [5.41, 5.74) is 0. The second kappa shape index (κ2) is 7.17. The number of carbonyl (C=O) groups excluding carboxylic acids is 1. The normalized spacial score (nSPS) is 17.0. The van der Waals surface area contributed by atoms with E-state index in [2.05, 4.69) is 0 Å². The fraction of sp³-hybridized carbons (Fsp3) is 0.667. The van der Waals surface area contributed by atoms with Gasteiger partial charge in [0.1, 0.15) is 5.78 Å². The topological polar surface area (TPSA) is 74.6 Å². The molecule has 0 saturated carbocycles. The number of aliphatic carboxylic acids is 1. The number of carboxylic acid groups (broad SMARTS) is 1. The van der Waals surface area contributed by atoms with Crippen LogP contribution in [0.5, 0.6) is 0 Å². The van der Waals surface area contributed by atoms with E-state index in [4.69, 9.17) is 5.11 Å². The predicted molar refractivity (Wildman–Crippen MR) is 61.0 cm³/mol. The van der Waals surface area contributed by atoms with Gasteiger partial charge in [-0.3, -0.25) is 9.59 Å². The summed E-state index contributed by atoms with van der Waals surface area (Å²) in [6, 6.07) is 0. The molecule has 0 aliphatic carbocycles. The van der Waals surface area contributed by atoms with Gasteiger partial charge in [0, 0.05) is 12.3 Å². The highest BCUT2D eigenvalue weighted by molar-refractivity contribution is 5.81. The molecule has 0 amide bonds. The summed E-state index contributed by atoms with van der Waals surface area (Å²) in [5, 5.41) is 18.2. The Labute approximate surface area is 96.0 Å². The minimum Gasteiger partial charge on any atom is -0.481 e. The smallest absolute Gasteiger partial charge is 0.303 e. The zero-order valence-corrected chi connectivity index (χ0v) is 10.0. The zero-order chi connectivity index (χ0) is 12.7. The van der Waals surface area contributed by atoms with Crippen LogP contribution in [0.2, 0.25) is 0 Å². The molecule has 92 valence electrons. The molecule has 0 saturated heterocycles. The summed E-state index contributed by atoms with van der Waals surface area (Å²) >= 11 is 0. The predicted octanol–water partition coefficient (Wildman–Crippen LogP) is 1.63. The Morgan fingerprint density at radius 1 is 1.25 bits per heavy atom. The van der Waals surface area contributed by atoms with Crippen molar-refractivity contribution in [3.8, 4) is 0 Å². The van der Waals surface area contributed by atoms with Crippen molar-refractivity contribution in [2.75, 3.05) is 0 Å². The number of carboxylic acids is 1. The monoisotopic (exact) mass is 228 g/mol. The largest absolute Gasteiger partial charge is 0.481 e. The minimum atomic E-state index is -0.871. The van der Waals surface area contributed by atoms with Crippen LogP contribution in [0.1, 0.15) is 33.6 Å². The van der Waals surface area contributed by atoms with E-state index >= 15 is 0 Å². The lowest BCUT2D eigenvalue weighted by Gasteiger charge is -2.13. The molecule has 0 rings (SSSR count). The lowest BCUT2D eigenvalue weighted by Crippen LogP contribution is -2.23. The Kier molecular flexibility index (Phi) is 6.65. The molecule has 0 aromatic rings. The first-order chi connectivity index (χ1) is 7.38. The first-order valence-corrected chi connectivity index (χ1v) is 5.49. The second-order valence-electron chi connectivity index (χ2n) is 4.06. The summed E-state index contributed by atoms with van der Waals surface area (Å²) in [4.78, 5) is 21.7. The fourth-order valence-electron chi connectivity index (χ4n) is 1.33. The van der Waals surface area contributed by atoms with Gasteiger partial charge >= 0.3 is 5.97 Å². The van der Waals surface area contributed by atoms with E-state index in [9.17, 15) is 14.7 Å². The van der Waals surface area contributed by atoms with Crippen molar-refractivity contribution in [1.29, 1.82) is 0 Å². The summed E-state index contributed by atoms with van der Waals surface area (Å²) in [5.74, 6) is -1.44. The Morgan fingerprint density at radius 3 is 2.25 bits per heavy atom. The first kappa shape index (κ1) is 14.8. The average Bonchev–Trinajstić information content (AvgIpc) is 2.22. The van der Waals surface area contributed by atoms with Crippen LogP contribution < -0.4 is 0 Å². The zero-order valence-electron chi connectivity index (χ0n) is 10.0. The van der Waals surface area contributed by atoms with E-state index in [0.29, 0.717) is 6.42 Å². The molecule has 16 heavy (non-hydrogen) atoms. The maximum Gasteiger partial charge on any atom is 0.303 e.